The van der Waals surface area contributed by atoms with Crippen molar-refractivity contribution in [2.45, 2.75) is 59.9 Å². The quantitative estimate of drug-likeness (QED) is 0.631. The van der Waals surface area contributed by atoms with E-state index in [-0.39, 0.29) is 0 Å². The lowest BCUT2D eigenvalue weighted by Crippen LogP contribution is -2.13. The largest absolute Gasteiger partial charge is 0.493 e. The smallest absolute Gasteiger partial charge is 0.223 e. The van der Waals surface area contributed by atoms with Crippen LogP contribution in [0.3, 0.4) is 0 Å². The maximum absolute atomic E-state index is 6.04. The van der Waals surface area contributed by atoms with Crippen molar-refractivity contribution in [1.82, 2.24) is 10.1 Å². The van der Waals surface area contributed by atoms with Crippen LogP contribution in [0.2, 0.25) is 0 Å². The van der Waals surface area contributed by atoms with Gasteiger partial charge in [0.1, 0.15) is 12.4 Å². The standard InChI is InChI=1S/C21H29N3O3/c1-13(2)18-12-26-19(23-18)8-6-7-9-25-20-14(3)10-17(11-15(20)4)21-22-16(5)27-24-21/h10-11,13,18H,6-9,12H2,1-5H3. The number of ether oxygens (including phenoxy) is 2. The summed E-state index contributed by atoms with van der Waals surface area (Å²) in [6.07, 6.45) is 2.88. The molecule has 0 aliphatic carbocycles. The Kier molecular flexibility index (Phi) is 6.14. The molecule has 0 fully saturated rings. The van der Waals surface area contributed by atoms with Crippen LogP contribution in [-0.4, -0.2) is 35.3 Å². The predicted molar refractivity (Wildman–Crippen MR) is 105 cm³/mol. The number of aryl methyl sites for hydroxylation is 3. The van der Waals surface area contributed by atoms with Gasteiger partial charge in [-0.3, -0.25) is 0 Å². The van der Waals surface area contributed by atoms with Gasteiger partial charge in [0.15, 0.2) is 5.90 Å². The van der Waals surface area contributed by atoms with E-state index in [2.05, 4.69) is 29.0 Å². The van der Waals surface area contributed by atoms with Crippen molar-refractivity contribution >= 4 is 5.90 Å². The molecular weight excluding hydrogens is 342 g/mol. The van der Waals surface area contributed by atoms with E-state index in [1.54, 1.807) is 6.92 Å². The number of aromatic nitrogens is 2. The van der Waals surface area contributed by atoms with Gasteiger partial charge in [-0.15, -0.1) is 0 Å². The van der Waals surface area contributed by atoms with Gasteiger partial charge in [-0.1, -0.05) is 19.0 Å². The van der Waals surface area contributed by atoms with E-state index < -0.39 is 0 Å². The molecule has 0 N–H and O–H groups in total. The van der Waals surface area contributed by atoms with E-state index in [0.29, 0.717) is 30.3 Å². The SMILES string of the molecule is Cc1nc(-c2cc(C)c(OCCCCC3=NC(C(C)C)CO3)c(C)c2)no1. The first kappa shape index (κ1) is 19.4. The third-order valence-corrected chi connectivity index (χ3v) is 4.78. The highest BCUT2D eigenvalue weighted by Gasteiger charge is 2.21. The maximum atomic E-state index is 6.04. The van der Waals surface area contributed by atoms with Crippen LogP contribution in [0, 0.1) is 26.7 Å². The van der Waals surface area contributed by atoms with Gasteiger partial charge in [-0.25, -0.2) is 4.99 Å². The average Bonchev–Trinajstić information content (AvgIpc) is 3.25. The van der Waals surface area contributed by atoms with Crippen LogP contribution in [0.5, 0.6) is 5.75 Å². The van der Waals surface area contributed by atoms with Gasteiger partial charge in [0.25, 0.3) is 0 Å². The molecule has 6 heteroatoms. The molecule has 1 atom stereocenters. The average molecular weight is 371 g/mol. The highest BCUT2D eigenvalue weighted by atomic mass is 16.5. The van der Waals surface area contributed by atoms with Gasteiger partial charge in [-0.2, -0.15) is 4.98 Å². The Morgan fingerprint density at radius 3 is 2.48 bits per heavy atom. The third kappa shape index (κ3) is 4.87. The molecule has 27 heavy (non-hydrogen) atoms. The number of unbranched alkanes of at least 4 members (excludes halogenated alkanes) is 1. The molecule has 0 saturated carbocycles. The van der Waals surface area contributed by atoms with Gasteiger partial charge in [-0.05, 0) is 55.9 Å². The predicted octanol–water partition coefficient (Wildman–Crippen LogP) is 4.66. The normalized spacial score (nSPS) is 16.5. The fourth-order valence-electron chi connectivity index (χ4n) is 3.20. The molecule has 0 bridgehead atoms. The van der Waals surface area contributed by atoms with Crippen LogP contribution < -0.4 is 4.74 Å². The Morgan fingerprint density at radius 2 is 1.89 bits per heavy atom. The van der Waals surface area contributed by atoms with Crippen molar-refractivity contribution < 1.29 is 14.0 Å². The first-order chi connectivity index (χ1) is 12.9. The van der Waals surface area contributed by atoms with E-state index in [9.17, 15) is 0 Å². The van der Waals surface area contributed by atoms with E-state index in [1.165, 1.54) is 0 Å². The van der Waals surface area contributed by atoms with Crippen LogP contribution in [0.4, 0.5) is 0 Å². The summed E-state index contributed by atoms with van der Waals surface area (Å²) in [6.45, 7) is 11.7. The summed E-state index contributed by atoms with van der Waals surface area (Å²) in [4.78, 5) is 8.94. The minimum Gasteiger partial charge on any atom is -0.493 e. The lowest BCUT2D eigenvalue weighted by molar-refractivity contribution is 0.280. The molecule has 146 valence electrons. The number of aliphatic imine (C=N–C) groups is 1. The molecule has 1 aromatic heterocycles. The number of hydrogen-bond acceptors (Lipinski definition) is 6. The summed E-state index contributed by atoms with van der Waals surface area (Å²) in [6, 6.07) is 4.41. The Hall–Kier alpha value is -2.37. The second-order valence-corrected chi connectivity index (χ2v) is 7.53. The summed E-state index contributed by atoms with van der Waals surface area (Å²) < 4.78 is 16.8. The third-order valence-electron chi connectivity index (χ3n) is 4.78. The summed E-state index contributed by atoms with van der Waals surface area (Å²) in [5, 5.41) is 3.99. The van der Waals surface area contributed by atoms with Crippen molar-refractivity contribution in [2.24, 2.45) is 10.9 Å². The van der Waals surface area contributed by atoms with Crippen LogP contribution in [-0.2, 0) is 4.74 Å². The fraction of sp³-hybridized carbons (Fsp3) is 0.571. The Labute approximate surface area is 161 Å². The number of nitrogens with zero attached hydrogens (tertiary/aromatic N) is 3. The van der Waals surface area contributed by atoms with Crippen molar-refractivity contribution in [3.63, 3.8) is 0 Å². The van der Waals surface area contributed by atoms with Gasteiger partial charge in [0.2, 0.25) is 11.7 Å². The molecule has 1 aliphatic rings. The number of benzene rings is 1. The highest BCUT2D eigenvalue weighted by molar-refractivity contribution is 5.77. The van der Waals surface area contributed by atoms with Crippen LogP contribution >= 0.6 is 0 Å². The first-order valence-corrected chi connectivity index (χ1v) is 9.68. The fourth-order valence-corrected chi connectivity index (χ4v) is 3.20. The van der Waals surface area contributed by atoms with Crippen LogP contribution in [0.1, 0.15) is 50.1 Å². The molecule has 2 aromatic rings. The van der Waals surface area contributed by atoms with E-state index in [0.717, 1.165) is 54.2 Å². The van der Waals surface area contributed by atoms with Gasteiger partial charge in [0, 0.05) is 18.9 Å². The highest BCUT2D eigenvalue weighted by Crippen LogP contribution is 2.29. The molecule has 0 radical (unpaired) electrons. The topological polar surface area (TPSA) is 69.7 Å². The summed E-state index contributed by atoms with van der Waals surface area (Å²) in [7, 11) is 0. The molecule has 3 rings (SSSR count). The van der Waals surface area contributed by atoms with Crippen molar-refractivity contribution in [3.05, 3.63) is 29.2 Å². The summed E-state index contributed by atoms with van der Waals surface area (Å²) >= 11 is 0. The van der Waals surface area contributed by atoms with Crippen LogP contribution in [0.25, 0.3) is 11.4 Å². The molecule has 1 aromatic carbocycles. The molecule has 2 heterocycles. The minimum absolute atomic E-state index is 0.322. The monoisotopic (exact) mass is 371 g/mol. The van der Waals surface area contributed by atoms with E-state index >= 15 is 0 Å². The molecular formula is C21H29N3O3. The van der Waals surface area contributed by atoms with Gasteiger partial charge in [0.05, 0.1) is 12.6 Å². The summed E-state index contributed by atoms with van der Waals surface area (Å²) in [5.74, 6) is 3.56. The lowest BCUT2D eigenvalue weighted by Gasteiger charge is -2.13. The second-order valence-electron chi connectivity index (χ2n) is 7.53. The zero-order valence-electron chi connectivity index (χ0n) is 16.9. The molecule has 1 unspecified atom stereocenters. The lowest BCUT2D eigenvalue weighted by atomic mass is 10.1. The van der Waals surface area contributed by atoms with Crippen molar-refractivity contribution in [1.29, 1.82) is 0 Å². The Bertz CT molecular complexity index is 788. The zero-order chi connectivity index (χ0) is 19.4. The van der Waals surface area contributed by atoms with Gasteiger partial charge < -0.3 is 14.0 Å². The molecule has 0 amide bonds. The van der Waals surface area contributed by atoms with Crippen molar-refractivity contribution in [2.75, 3.05) is 13.2 Å². The summed E-state index contributed by atoms with van der Waals surface area (Å²) in [5.41, 5.74) is 3.11. The zero-order valence-corrected chi connectivity index (χ0v) is 16.9. The van der Waals surface area contributed by atoms with Gasteiger partial charge >= 0.3 is 0 Å². The first-order valence-electron chi connectivity index (χ1n) is 9.68. The number of hydrogen-bond donors (Lipinski definition) is 0. The minimum atomic E-state index is 0.322. The maximum Gasteiger partial charge on any atom is 0.223 e. The van der Waals surface area contributed by atoms with E-state index in [1.807, 2.05) is 26.0 Å². The second kappa shape index (κ2) is 8.55. The molecule has 0 spiro atoms. The molecule has 6 nitrogen and oxygen atoms in total. The molecule has 0 saturated heterocycles. The Morgan fingerprint density at radius 1 is 1.15 bits per heavy atom. The van der Waals surface area contributed by atoms with Crippen LogP contribution in [0.15, 0.2) is 21.6 Å². The number of rotatable bonds is 8. The molecule has 1 aliphatic heterocycles. The van der Waals surface area contributed by atoms with Crippen molar-refractivity contribution in [3.8, 4) is 17.1 Å². The Balaban J connectivity index is 1.49. The van der Waals surface area contributed by atoms with E-state index in [4.69, 9.17) is 14.0 Å².